The Morgan fingerprint density at radius 3 is 0.531 bits per heavy atom. The average Bonchev–Trinajstić information content (AvgIpc) is 3.03. The van der Waals surface area contributed by atoms with Crippen molar-refractivity contribution in [3.05, 3.63) is 0 Å². The first-order chi connectivity index (χ1) is 27.3. The molecule has 0 amide bonds. The van der Waals surface area contributed by atoms with Crippen molar-refractivity contribution in [1.29, 1.82) is 0 Å². The van der Waals surface area contributed by atoms with Gasteiger partial charge in [-0.3, -0.25) is 0 Å². The standard InChI is InChI=1S/3C10H16N2O8.4Nd/c3*11-5(1-6(13)14)10(2-7(15)16,3-8(17)18)12-4-9(19)20;;;;/h3*5,12H,1-4,11H2,(H,13,14)(H,15,16)(H,17,18)(H,19,20);;;;/q;;;4*+3/p-12. The van der Waals surface area contributed by atoms with Gasteiger partial charge in [0.25, 0.3) is 0 Å². The van der Waals surface area contributed by atoms with Crippen LogP contribution in [0.1, 0.15) is 57.8 Å². The Morgan fingerprint density at radius 2 is 0.438 bits per heavy atom. The van der Waals surface area contributed by atoms with Crippen LogP contribution >= 0.6 is 0 Å². The molecule has 0 fully saturated rings. The SMILES string of the molecule is NC(CC(=O)[O-])C(CC(=O)[O-])(CC(=O)[O-])NCC(=O)[O-].NC(CC(=O)[O-])C(CC(=O)[O-])(CC(=O)[O-])NCC(=O)[O-].NC(CC(=O)[O-])C(CC(=O)[O-])(CC(=O)[O-])NCC(=O)[O-].[Nd+3].[Nd+3].[Nd+3].[Nd+3]. The summed E-state index contributed by atoms with van der Waals surface area (Å²) in [6, 6.07) is -4.66. The van der Waals surface area contributed by atoms with Gasteiger partial charge in [-0.1, -0.05) is 0 Å². The summed E-state index contributed by atoms with van der Waals surface area (Å²) in [5.74, 6) is -20.4. The molecule has 0 aromatic rings. The Balaban J connectivity index is -0.000000148. The van der Waals surface area contributed by atoms with E-state index in [0.29, 0.717) is 0 Å². The summed E-state index contributed by atoms with van der Waals surface area (Å²) >= 11 is 0. The van der Waals surface area contributed by atoms with Crippen molar-refractivity contribution in [2.45, 2.75) is 92.5 Å². The second-order valence-corrected chi connectivity index (χ2v) is 12.5. The van der Waals surface area contributed by atoms with Crippen LogP contribution in [0, 0.1) is 163 Å². The largest absolute Gasteiger partial charge is 3.00 e. The number of hydrogen-bond acceptors (Lipinski definition) is 30. The van der Waals surface area contributed by atoms with Crippen molar-refractivity contribution in [2.24, 2.45) is 17.2 Å². The Kier molecular flexibility index (Phi) is 46.6. The summed E-state index contributed by atoms with van der Waals surface area (Å²) in [6.45, 7) is -2.79. The predicted molar refractivity (Wildman–Crippen MR) is 158 cm³/mol. The van der Waals surface area contributed by atoms with E-state index in [1.807, 2.05) is 0 Å². The Labute approximate surface area is 492 Å². The Hall–Kier alpha value is -1.20. The fraction of sp³-hybridized carbons (Fsp3) is 0.600. The molecule has 4 radical (unpaired) electrons. The van der Waals surface area contributed by atoms with E-state index in [0.717, 1.165) is 0 Å². The molecule has 0 bridgehead atoms. The molecular formula is C30H36N6Nd4O24. The molecule has 0 rings (SSSR count). The van der Waals surface area contributed by atoms with Crippen molar-refractivity contribution >= 4 is 71.6 Å². The smallest absolute Gasteiger partial charge is 0.550 e. The maximum absolute atomic E-state index is 10.7. The van der Waals surface area contributed by atoms with Crippen LogP contribution in [-0.2, 0) is 57.5 Å². The van der Waals surface area contributed by atoms with Gasteiger partial charge in [0, 0.05) is 166 Å². The van der Waals surface area contributed by atoms with Gasteiger partial charge < -0.3 is 152 Å². The van der Waals surface area contributed by atoms with E-state index in [1.165, 1.54) is 0 Å². The maximum atomic E-state index is 10.7. The van der Waals surface area contributed by atoms with Gasteiger partial charge in [-0.05, 0) is 0 Å². The van der Waals surface area contributed by atoms with E-state index in [2.05, 4.69) is 16.0 Å². The molecule has 0 aromatic heterocycles. The third kappa shape index (κ3) is 36.9. The van der Waals surface area contributed by atoms with Crippen molar-refractivity contribution in [2.75, 3.05) is 19.6 Å². The van der Waals surface area contributed by atoms with Crippen LogP contribution in [0.25, 0.3) is 0 Å². The number of carbonyl (C=O) groups excluding carboxylic acids is 12. The van der Waals surface area contributed by atoms with E-state index in [-0.39, 0.29) is 163 Å². The number of nitrogens with two attached hydrogens (primary N) is 3. The second-order valence-electron chi connectivity index (χ2n) is 12.5. The van der Waals surface area contributed by atoms with Crippen LogP contribution in [-0.4, -0.2) is 126 Å². The maximum Gasteiger partial charge on any atom is 3.00 e. The molecule has 64 heavy (non-hydrogen) atoms. The van der Waals surface area contributed by atoms with Gasteiger partial charge in [-0.25, -0.2) is 0 Å². The summed E-state index contributed by atoms with van der Waals surface area (Å²) in [4.78, 5) is 127. The molecule has 9 N–H and O–H groups in total. The molecule has 30 nitrogen and oxygen atoms in total. The normalized spacial score (nSPS) is 11.9. The van der Waals surface area contributed by atoms with Crippen LogP contribution in [0.2, 0.25) is 0 Å². The van der Waals surface area contributed by atoms with Crippen molar-refractivity contribution in [3.8, 4) is 0 Å². The van der Waals surface area contributed by atoms with Crippen LogP contribution in [0.5, 0.6) is 0 Å². The zero-order valence-corrected chi connectivity index (χ0v) is 45.6. The molecule has 0 saturated heterocycles. The summed E-state index contributed by atoms with van der Waals surface area (Å²) in [5, 5.41) is 133. The molecule has 0 aliphatic rings. The van der Waals surface area contributed by atoms with Crippen molar-refractivity contribution in [3.63, 3.8) is 0 Å². The van der Waals surface area contributed by atoms with Gasteiger partial charge in [-0.15, -0.1) is 0 Å². The molecule has 0 saturated carbocycles. The van der Waals surface area contributed by atoms with Crippen LogP contribution in [0.4, 0.5) is 0 Å². The minimum Gasteiger partial charge on any atom is -0.550 e. The van der Waals surface area contributed by atoms with Gasteiger partial charge in [0.05, 0.1) is 17.9 Å². The van der Waals surface area contributed by atoms with E-state index >= 15 is 0 Å². The zero-order chi connectivity index (χ0) is 47.8. The van der Waals surface area contributed by atoms with E-state index in [9.17, 15) is 119 Å². The third-order valence-corrected chi connectivity index (χ3v) is 7.80. The van der Waals surface area contributed by atoms with Crippen molar-refractivity contribution in [1.82, 2.24) is 16.0 Å². The summed E-state index contributed by atoms with van der Waals surface area (Å²) in [7, 11) is 0. The van der Waals surface area contributed by atoms with Crippen molar-refractivity contribution < 1.29 is 282 Å². The number of aliphatic carboxylic acids is 12. The third-order valence-electron chi connectivity index (χ3n) is 7.80. The average molecular weight is 1440 g/mol. The number of carboxylic acids is 12. The number of carbonyl (C=O) groups is 12. The molecule has 0 spiro atoms. The van der Waals surface area contributed by atoms with E-state index in [1.54, 1.807) is 0 Å². The topological polar surface area (TPSA) is 596 Å². The van der Waals surface area contributed by atoms with Crippen LogP contribution < -0.4 is 94.4 Å². The minimum atomic E-state index is -2.07. The fourth-order valence-electron chi connectivity index (χ4n) is 5.16. The second kappa shape index (κ2) is 38.7. The number of rotatable bonds is 30. The molecule has 34 heteroatoms. The molecule has 346 valence electrons. The first-order valence-corrected chi connectivity index (χ1v) is 16.2. The predicted octanol–water partition coefficient (Wildman–Crippen LogP) is -21.6. The minimum absolute atomic E-state index is 0. The summed E-state index contributed by atoms with van der Waals surface area (Å²) < 4.78 is 0. The van der Waals surface area contributed by atoms with Gasteiger partial charge >= 0.3 is 163 Å². The van der Waals surface area contributed by atoms with E-state index in [4.69, 9.17) is 17.2 Å². The van der Waals surface area contributed by atoms with Gasteiger partial charge in [0.1, 0.15) is 0 Å². The quantitative estimate of drug-likeness (QED) is 0.0389. The van der Waals surface area contributed by atoms with Gasteiger partial charge in [0.15, 0.2) is 0 Å². The zero-order valence-electron chi connectivity index (χ0n) is 32.7. The summed E-state index contributed by atoms with van der Waals surface area (Å²) in [6.07, 6.45) is -8.82. The number of carboxylic acid groups (broad SMARTS) is 12. The Morgan fingerprint density at radius 1 is 0.297 bits per heavy atom. The molecule has 3 unspecified atom stereocenters. The molecule has 0 aliphatic carbocycles. The van der Waals surface area contributed by atoms with Crippen LogP contribution in [0.15, 0.2) is 0 Å². The van der Waals surface area contributed by atoms with Gasteiger partial charge in [-0.2, -0.15) is 0 Å². The van der Waals surface area contributed by atoms with Crippen LogP contribution in [0.3, 0.4) is 0 Å². The molecule has 0 aliphatic heterocycles. The Bertz CT molecular complexity index is 1380. The fourth-order valence-corrected chi connectivity index (χ4v) is 5.16. The molecule has 3 atom stereocenters. The monoisotopic (exact) mass is 1430 g/mol. The first kappa shape index (κ1) is 77.0. The van der Waals surface area contributed by atoms with E-state index < -0.39 is 184 Å². The first-order valence-electron chi connectivity index (χ1n) is 16.2. The summed E-state index contributed by atoms with van der Waals surface area (Å²) in [5.41, 5.74) is 10.2. The molecular weight excluding hydrogens is 1410 g/mol. The van der Waals surface area contributed by atoms with Gasteiger partial charge in [0.2, 0.25) is 0 Å². The number of nitrogens with one attached hydrogen (secondary N) is 3. The number of hydrogen-bond donors (Lipinski definition) is 6. The molecule has 0 heterocycles. The molecule has 0 aromatic carbocycles.